The van der Waals surface area contributed by atoms with Crippen LogP contribution in [0.2, 0.25) is 0 Å². The summed E-state index contributed by atoms with van der Waals surface area (Å²) in [6.45, 7) is 4.71. The lowest BCUT2D eigenvalue weighted by molar-refractivity contribution is -0.148. The molecule has 0 aliphatic rings. The van der Waals surface area contributed by atoms with Crippen LogP contribution in [0.15, 0.2) is 21.7 Å². The summed E-state index contributed by atoms with van der Waals surface area (Å²) in [5.74, 6) is 0.935. The number of thioether (sulfide) groups is 1. The molecule has 1 rings (SSSR count). The van der Waals surface area contributed by atoms with Gasteiger partial charge in [0.2, 0.25) is 0 Å². The molecule has 3 nitrogen and oxygen atoms in total. The van der Waals surface area contributed by atoms with Crippen molar-refractivity contribution in [2.24, 2.45) is 0 Å². The minimum absolute atomic E-state index is 0.166. The van der Waals surface area contributed by atoms with Gasteiger partial charge < -0.3 is 10.1 Å². The number of thiophene rings is 1. The van der Waals surface area contributed by atoms with Gasteiger partial charge in [0, 0.05) is 0 Å². The van der Waals surface area contributed by atoms with Crippen molar-refractivity contribution in [3.8, 4) is 0 Å². The second-order valence-corrected chi connectivity index (χ2v) is 6.93. The number of carbonyl (C=O) groups is 1. The zero-order valence-corrected chi connectivity index (χ0v) is 13.5. The number of rotatable bonds is 9. The molecule has 1 unspecified atom stereocenters. The zero-order chi connectivity index (χ0) is 14.1. The second-order valence-electron chi connectivity index (χ2n) is 4.59. The molecule has 19 heavy (non-hydrogen) atoms. The summed E-state index contributed by atoms with van der Waals surface area (Å²) in [4.78, 5) is 11.8. The van der Waals surface area contributed by atoms with Gasteiger partial charge >= 0.3 is 5.97 Å². The predicted octanol–water partition coefficient (Wildman–Crippen LogP) is 3.55. The van der Waals surface area contributed by atoms with Crippen LogP contribution in [0.1, 0.15) is 33.1 Å². The van der Waals surface area contributed by atoms with Gasteiger partial charge in [-0.25, -0.2) is 0 Å². The van der Waals surface area contributed by atoms with Gasteiger partial charge in [0.15, 0.2) is 0 Å². The molecule has 1 atom stereocenters. The molecule has 0 aliphatic carbocycles. The van der Waals surface area contributed by atoms with Crippen molar-refractivity contribution in [1.82, 2.24) is 5.32 Å². The molecule has 0 aliphatic heterocycles. The Kier molecular flexibility index (Phi) is 7.49. The second kappa shape index (κ2) is 8.61. The Balaban J connectivity index is 2.26. The SMILES string of the molecule is CCNC(C)(CCCCSc1cccs1)C(=O)OC. The minimum Gasteiger partial charge on any atom is -0.468 e. The van der Waals surface area contributed by atoms with Gasteiger partial charge in [0.1, 0.15) is 5.54 Å². The molecule has 1 heterocycles. The van der Waals surface area contributed by atoms with E-state index in [1.807, 2.05) is 25.6 Å². The number of esters is 1. The highest BCUT2D eigenvalue weighted by Crippen LogP contribution is 2.25. The first kappa shape index (κ1) is 16.5. The number of nitrogens with one attached hydrogen (secondary N) is 1. The Labute approximate surface area is 124 Å². The van der Waals surface area contributed by atoms with Gasteiger partial charge in [-0.05, 0) is 43.5 Å². The van der Waals surface area contributed by atoms with Gasteiger partial charge in [0.05, 0.1) is 11.3 Å². The van der Waals surface area contributed by atoms with Crippen molar-refractivity contribution in [3.05, 3.63) is 17.5 Å². The van der Waals surface area contributed by atoms with Crippen LogP contribution < -0.4 is 5.32 Å². The van der Waals surface area contributed by atoms with E-state index >= 15 is 0 Å². The molecular weight excluding hydrogens is 278 g/mol. The quantitative estimate of drug-likeness (QED) is 0.430. The highest BCUT2D eigenvalue weighted by Gasteiger charge is 2.32. The van der Waals surface area contributed by atoms with E-state index in [0.717, 1.165) is 31.6 Å². The fourth-order valence-electron chi connectivity index (χ4n) is 1.98. The van der Waals surface area contributed by atoms with Gasteiger partial charge in [-0.2, -0.15) is 0 Å². The van der Waals surface area contributed by atoms with E-state index in [1.54, 1.807) is 11.3 Å². The Morgan fingerprint density at radius 2 is 2.32 bits per heavy atom. The number of hydrogen-bond donors (Lipinski definition) is 1. The summed E-state index contributed by atoms with van der Waals surface area (Å²) in [6, 6.07) is 4.22. The van der Waals surface area contributed by atoms with Crippen molar-refractivity contribution in [3.63, 3.8) is 0 Å². The van der Waals surface area contributed by atoms with Crippen LogP contribution in [-0.2, 0) is 9.53 Å². The minimum atomic E-state index is -0.545. The number of unbranched alkanes of at least 4 members (excludes halogenated alkanes) is 1. The standard InChI is InChI=1S/C14H23NO2S2/c1-4-15-14(2,13(16)17-3)9-5-6-10-18-12-8-7-11-19-12/h7-8,11,15H,4-6,9-10H2,1-3H3. The predicted molar refractivity (Wildman–Crippen MR) is 83.0 cm³/mol. The van der Waals surface area contributed by atoms with Crippen LogP contribution in [-0.4, -0.2) is 30.9 Å². The van der Waals surface area contributed by atoms with Crippen LogP contribution in [0.25, 0.3) is 0 Å². The van der Waals surface area contributed by atoms with Crippen molar-refractivity contribution >= 4 is 29.1 Å². The van der Waals surface area contributed by atoms with E-state index in [2.05, 4.69) is 22.8 Å². The lowest BCUT2D eigenvalue weighted by Gasteiger charge is -2.27. The summed E-state index contributed by atoms with van der Waals surface area (Å²) < 4.78 is 6.24. The summed E-state index contributed by atoms with van der Waals surface area (Å²) in [7, 11) is 1.45. The zero-order valence-electron chi connectivity index (χ0n) is 11.9. The summed E-state index contributed by atoms with van der Waals surface area (Å²) >= 11 is 3.67. The Morgan fingerprint density at radius 1 is 1.53 bits per heavy atom. The first-order valence-electron chi connectivity index (χ1n) is 6.62. The molecular formula is C14H23NO2S2. The molecule has 1 N–H and O–H groups in total. The normalized spacial score (nSPS) is 14.1. The van der Waals surface area contributed by atoms with Crippen molar-refractivity contribution in [1.29, 1.82) is 0 Å². The molecule has 0 bridgehead atoms. The van der Waals surface area contributed by atoms with E-state index in [1.165, 1.54) is 11.3 Å². The molecule has 1 aromatic heterocycles. The van der Waals surface area contributed by atoms with Crippen LogP contribution in [0.5, 0.6) is 0 Å². The fraction of sp³-hybridized carbons (Fsp3) is 0.643. The van der Waals surface area contributed by atoms with Crippen LogP contribution in [0.3, 0.4) is 0 Å². The first-order chi connectivity index (χ1) is 9.12. The van der Waals surface area contributed by atoms with E-state index in [-0.39, 0.29) is 5.97 Å². The van der Waals surface area contributed by atoms with E-state index in [0.29, 0.717) is 0 Å². The van der Waals surface area contributed by atoms with E-state index < -0.39 is 5.54 Å². The highest BCUT2D eigenvalue weighted by atomic mass is 32.2. The van der Waals surface area contributed by atoms with Crippen molar-refractivity contribution in [2.75, 3.05) is 19.4 Å². The number of methoxy groups -OCH3 is 1. The van der Waals surface area contributed by atoms with Gasteiger partial charge in [-0.1, -0.05) is 19.4 Å². The summed E-state index contributed by atoms with van der Waals surface area (Å²) in [6.07, 6.45) is 2.95. The van der Waals surface area contributed by atoms with Crippen LogP contribution >= 0.6 is 23.1 Å². The monoisotopic (exact) mass is 301 g/mol. The number of hydrogen-bond acceptors (Lipinski definition) is 5. The molecule has 5 heteroatoms. The largest absolute Gasteiger partial charge is 0.468 e. The molecule has 1 aromatic rings. The third kappa shape index (κ3) is 5.55. The molecule has 0 aromatic carbocycles. The molecule has 0 amide bonds. The number of carbonyl (C=O) groups excluding carboxylic acids is 1. The Hall–Kier alpha value is -0.520. The lowest BCUT2D eigenvalue weighted by atomic mass is 9.95. The maximum atomic E-state index is 11.8. The Bertz CT molecular complexity index is 368. The molecule has 0 radical (unpaired) electrons. The molecule has 0 fully saturated rings. The summed E-state index contributed by atoms with van der Waals surface area (Å²) in [5, 5.41) is 5.33. The molecule has 0 saturated heterocycles. The summed E-state index contributed by atoms with van der Waals surface area (Å²) in [5.41, 5.74) is -0.545. The van der Waals surface area contributed by atoms with Crippen LogP contribution in [0, 0.1) is 0 Å². The molecule has 108 valence electrons. The van der Waals surface area contributed by atoms with E-state index in [9.17, 15) is 4.79 Å². The Morgan fingerprint density at radius 3 is 2.89 bits per heavy atom. The van der Waals surface area contributed by atoms with Crippen molar-refractivity contribution < 1.29 is 9.53 Å². The smallest absolute Gasteiger partial charge is 0.325 e. The first-order valence-corrected chi connectivity index (χ1v) is 8.48. The van der Waals surface area contributed by atoms with Gasteiger partial charge in [-0.3, -0.25) is 4.79 Å². The average molecular weight is 301 g/mol. The fourth-order valence-corrected chi connectivity index (χ4v) is 3.84. The maximum Gasteiger partial charge on any atom is 0.325 e. The topological polar surface area (TPSA) is 38.3 Å². The maximum absolute atomic E-state index is 11.8. The lowest BCUT2D eigenvalue weighted by Crippen LogP contribution is -2.50. The van der Waals surface area contributed by atoms with E-state index in [4.69, 9.17) is 4.74 Å². The third-order valence-corrected chi connectivity index (χ3v) is 5.23. The molecule has 0 spiro atoms. The third-order valence-electron chi connectivity index (χ3n) is 3.01. The van der Waals surface area contributed by atoms with Crippen LogP contribution in [0.4, 0.5) is 0 Å². The van der Waals surface area contributed by atoms with Gasteiger partial charge in [-0.15, -0.1) is 23.1 Å². The highest BCUT2D eigenvalue weighted by molar-refractivity contribution is 8.01. The average Bonchev–Trinajstić information content (AvgIpc) is 2.91. The molecule has 0 saturated carbocycles. The number of likely N-dealkylation sites (N-methyl/N-ethyl adjacent to an activating group) is 1. The van der Waals surface area contributed by atoms with Crippen molar-refractivity contribution in [2.45, 2.75) is 42.9 Å². The number of ether oxygens (including phenoxy) is 1. The van der Waals surface area contributed by atoms with Gasteiger partial charge in [0.25, 0.3) is 0 Å².